The molecule has 3 heteroatoms. The number of rotatable bonds is 43. The van der Waals surface area contributed by atoms with E-state index in [1.807, 2.05) is 0 Å². The molecule has 2 N–H and O–H groups in total. The SMILES string of the molecule is CCCCCCCCCCCCCCCCCCCCCCNC1CNCCN1CCCCCCCCCCCCCCCCCCCCCC. The van der Waals surface area contributed by atoms with Gasteiger partial charge in [0.15, 0.2) is 0 Å². The molecule has 1 aliphatic rings. The minimum absolute atomic E-state index is 0.555. The second-order valence-electron chi connectivity index (χ2n) is 17.1. The lowest BCUT2D eigenvalue weighted by Gasteiger charge is -2.36. The predicted octanol–water partition coefficient (Wildman–Crippen LogP) is 15.5. The molecule has 0 bridgehead atoms. The first-order chi connectivity index (χ1) is 25.4. The summed E-state index contributed by atoms with van der Waals surface area (Å²) in [5.41, 5.74) is 0. The molecule has 0 aromatic heterocycles. The van der Waals surface area contributed by atoms with Crippen molar-refractivity contribution in [3.05, 3.63) is 0 Å². The van der Waals surface area contributed by atoms with E-state index in [4.69, 9.17) is 0 Å². The Labute approximate surface area is 324 Å². The van der Waals surface area contributed by atoms with Crippen molar-refractivity contribution in [3.8, 4) is 0 Å². The predicted molar refractivity (Wildman–Crippen MR) is 232 cm³/mol. The number of nitrogens with one attached hydrogen (secondary N) is 2. The first-order valence-electron chi connectivity index (χ1n) is 24.6. The van der Waals surface area contributed by atoms with Crippen LogP contribution < -0.4 is 10.6 Å². The van der Waals surface area contributed by atoms with Gasteiger partial charge in [-0.15, -0.1) is 0 Å². The second kappa shape index (κ2) is 42.6. The molecule has 0 amide bonds. The lowest BCUT2D eigenvalue weighted by atomic mass is 10.0. The van der Waals surface area contributed by atoms with E-state index in [9.17, 15) is 0 Å². The highest BCUT2D eigenvalue weighted by Crippen LogP contribution is 2.17. The van der Waals surface area contributed by atoms with Crippen molar-refractivity contribution in [3.63, 3.8) is 0 Å². The molecule has 0 saturated carbocycles. The zero-order valence-corrected chi connectivity index (χ0v) is 35.8. The second-order valence-corrected chi connectivity index (χ2v) is 17.1. The fourth-order valence-corrected chi connectivity index (χ4v) is 8.43. The highest BCUT2D eigenvalue weighted by atomic mass is 15.3. The first-order valence-corrected chi connectivity index (χ1v) is 24.6. The molecule has 51 heavy (non-hydrogen) atoms. The van der Waals surface area contributed by atoms with Crippen molar-refractivity contribution in [2.75, 3.05) is 32.7 Å². The largest absolute Gasteiger partial charge is 0.313 e. The van der Waals surface area contributed by atoms with Gasteiger partial charge >= 0.3 is 0 Å². The summed E-state index contributed by atoms with van der Waals surface area (Å²) in [6.07, 6.45) is 58.9. The summed E-state index contributed by atoms with van der Waals surface area (Å²) < 4.78 is 0. The highest BCUT2D eigenvalue weighted by molar-refractivity contribution is 4.78. The summed E-state index contributed by atoms with van der Waals surface area (Å²) in [7, 11) is 0. The average molecular weight is 718 g/mol. The molecule has 0 aliphatic carbocycles. The quantitative estimate of drug-likeness (QED) is 0.0615. The first kappa shape index (κ1) is 48.9. The van der Waals surface area contributed by atoms with Gasteiger partial charge in [0.2, 0.25) is 0 Å². The van der Waals surface area contributed by atoms with Crippen LogP contribution >= 0.6 is 0 Å². The molecular weight excluding hydrogens is 619 g/mol. The van der Waals surface area contributed by atoms with Gasteiger partial charge in [0.1, 0.15) is 0 Å². The molecule has 0 radical (unpaired) electrons. The van der Waals surface area contributed by atoms with Gasteiger partial charge in [0.25, 0.3) is 0 Å². The third-order valence-corrected chi connectivity index (χ3v) is 12.1. The fourth-order valence-electron chi connectivity index (χ4n) is 8.43. The number of piperazine rings is 1. The molecular formula is C48H99N3. The van der Waals surface area contributed by atoms with Crippen molar-refractivity contribution >= 4 is 0 Å². The van der Waals surface area contributed by atoms with Gasteiger partial charge in [-0.3, -0.25) is 4.90 Å². The zero-order chi connectivity index (χ0) is 36.4. The summed E-state index contributed by atoms with van der Waals surface area (Å²) in [5, 5.41) is 7.54. The molecule has 1 aliphatic heterocycles. The Kier molecular flexibility index (Phi) is 40.9. The maximum Gasteiger partial charge on any atom is 0.0726 e. The van der Waals surface area contributed by atoms with Crippen LogP contribution in [0.1, 0.15) is 271 Å². The van der Waals surface area contributed by atoms with E-state index >= 15 is 0 Å². The number of unbranched alkanes of at least 4 members (excludes halogenated alkanes) is 38. The summed E-state index contributed by atoms with van der Waals surface area (Å²) in [6.45, 7) is 10.6. The third-order valence-electron chi connectivity index (χ3n) is 12.1. The van der Waals surface area contributed by atoms with Crippen LogP contribution in [0.5, 0.6) is 0 Å². The van der Waals surface area contributed by atoms with E-state index in [0.717, 1.165) is 13.1 Å². The zero-order valence-electron chi connectivity index (χ0n) is 35.8. The summed E-state index contributed by atoms with van der Waals surface area (Å²) >= 11 is 0. The molecule has 1 unspecified atom stereocenters. The van der Waals surface area contributed by atoms with E-state index in [1.54, 1.807) is 0 Å². The Morgan fingerprint density at radius 1 is 0.373 bits per heavy atom. The Hall–Kier alpha value is -0.120. The van der Waals surface area contributed by atoms with Gasteiger partial charge in [-0.2, -0.15) is 0 Å². The molecule has 0 aromatic rings. The number of hydrogen-bond acceptors (Lipinski definition) is 3. The molecule has 1 fully saturated rings. The minimum atomic E-state index is 0.555. The van der Waals surface area contributed by atoms with Crippen molar-refractivity contribution < 1.29 is 0 Å². The van der Waals surface area contributed by atoms with Crippen LogP contribution in [0.2, 0.25) is 0 Å². The van der Waals surface area contributed by atoms with Crippen molar-refractivity contribution in [2.45, 2.75) is 277 Å². The molecule has 3 nitrogen and oxygen atoms in total. The van der Waals surface area contributed by atoms with Gasteiger partial charge in [-0.25, -0.2) is 0 Å². The van der Waals surface area contributed by atoms with Crippen LogP contribution in [0.4, 0.5) is 0 Å². The molecule has 1 heterocycles. The monoisotopic (exact) mass is 718 g/mol. The van der Waals surface area contributed by atoms with E-state index in [0.29, 0.717) is 6.17 Å². The van der Waals surface area contributed by atoms with Crippen LogP contribution in [0, 0.1) is 0 Å². The third kappa shape index (κ3) is 36.6. The van der Waals surface area contributed by atoms with Crippen LogP contribution in [-0.4, -0.2) is 43.8 Å². The smallest absolute Gasteiger partial charge is 0.0726 e. The van der Waals surface area contributed by atoms with Gasteiger partial charge in [-0.05, 0) is 25.9 Å². The van der Waals surface area contributed by atoms with Crippen LogP contribution in [0.3, 0.4) is 0 Å². The maximum atomic E-state index is 3.91. The molecule has 0 aromatic carbocycles. The van der Waals surface area contributed by atoms with E-state index in [2.05, 4.69) is 29.4 Å². The van der Waals surface area contributed by atoms with E-state index in [1.165, 1.54) is 276 Å². The van der Waals surface area contributed by atoms with Crippen molar-refractivity contribution in [2.24, 2.45) is 0 Å². The topological polar surface area (TPSA) is 27.3 Å². The van der Waals surface area contributed by atoms with Crippen molar-refractivity contribution in [1.29, 1.82) is 0 Å². The molecule has 306 valence electrons. The van der Waals surface area contributed by atoms with E-state index < -0.39 is 0 Å². The lowest BCUT2D eigenvalue weighted by Crippen LogP contribution is -2.58. The van der Waals surface area contributed by atoms with Gasteiger partial charge in [0, 0.05) is 19.6 Å². The molecule has 0 spiro atoms. The summed E-state index contributed by atoms with van der Waals surface area (Å²) in [5.74, 6) is 0. The molecule has 1 atom stereocenters. The standard InChI is InChI=1S/C48H99N3/c1-3-5-7-9-11-13-15-17-19-21-23-25-27-29-31-33-35-37-39-41-43-50-48-47-49-44-46-51(48)45-42-40-38-36-34-32-30-28-26-24-22-20-18-16-14-12-10-8-6-4-2/h48-50H,3-47H2,1-2H3. The van der Waals surface area contributed by atoms with Gasteiger partial charge in [-0.1, -0.05) is 258 Å². The van der Waals surface area contributed by atoms with Gasteiger partial charge in [0.05, 0.1) is 6.17 Å². The Morgan fingerprint density at radius 2 is 0.647 bits per heavy atom. The van der Waals surface area contributed by atoms with Gasteiger partial charge < -0.3 is 10.6 Å². The summed E-state index contributed by atoms with van der Waals surface area (Å²) in [4.78, 5) is 2.74. The van der Waals surface area contributed by atoms with Crippen LogP contribution in [-0.2, 0) is 0 Å². The fraction of sp³-hybridized carbons (Fsp3) is 1.00. The van der Waals surface area contributed by atoms with Crippen LogP contribution in [0.25, 0.3) is 0 Å². The maximum absolute atomic E-state index is 3.91. The molecule has 1 saturated heterocycles. The van der Waals surface area contributed by atoms with E-state index in [-0.39, 0.29) is 0 Å². The minimum Gasteiger partial charge on any atom is -0.313 e. The summed E-state index contributed by atoms with van der Waals surface area (Å²) in [6, 6.07) is 0. The normalized spacial score (nSPS) is 15.3. The number of hydrogen-bond donors (Lipinski definition) is 2. The molecule has 1 rings (SSSR count). The highest BCUT2D eigenvalue weighted by Gasteiger charge is 2.20. The Morgan fingerprint density at radius 3 is 0.961 bits per heavy atom. The Balaban J connectivity index is 1.79. The lowest BCUT2D eigenvalue weighted by molar-refractivity contribution is 0.130. The van der Waals surface area contributed by atoms with Crippen molar-refractivity contribution in [1.82, 2.24) is 15.5 Å². The average Bonchev–Trinajstić information content (AvgIpc) is 3.15. The number of nitrogens with zero attached hydrogens (tertiary/aromatic N) is 1. The Bertz CT molecular complexity index is 624. The van der Waals surface area contributed by atoms with Crippen LogP contribution in [0.15, 0.2) is 0 Å².